The van der Waals surface area contributed by atoms with E-state index in [2.05, 4.69) is 0 Å². The molecule has 36 heavy (non-hydrogen) atoms. The molecule has 7 heteroatoms. The number of hydrogen-bond acceptors (Lipinski definition) is 6. The summed E-state index contributed by atoms with van der Waals surface area (Å²) in [6.07, 6.45) is 0.575. The van der Waals surface area contributed by atoms with Gasteiger partial charge >= 0.3 is 0 Å². The molecule has 0 aromatic heterocycles. The number of aliphatic hydroxyl groups excluding tert-OH is 1. The molecule has 1 amide bonds. The van der Waals surface area contributed by atoms with Crippen molar-refractivity contribution in [2.45, 2.75) is 19.4 Å². The molecule has 0 bridgehead atoms. The number of carbonyl (C=O) groups is 2. The molecule has 2 heterocycles. The molecular formula is C29H27NO6. The highest BCUT2D eigenvalue weighted by Crippen LogP contribution is 2.41. The Balaban J connectivity index is 1.56. The van der Waals surface area contributed by atoms with Crippen LogP contribution in [0.2, 0.25) is 0 Å². The number of fused-ring (bicyclic) bond motifs is 1. The predicted molar refractivity (Wildman–Crippen MR) is 134 cm³/mol. The van der Waals surface area contributed by atoms with E-state index in [1.54, 1.807) is 30.3 Å². The minimum absolute atomic E-state index is 0.0499. The Hall–Kier alpha value is -4.26. The first kappa shape index (κ1) is 23.5. The number of likely N-dealkylation sites (tertiary alicyclic amines) is 1. The van der Waals surface area contributed by atoms with E-state index in [1.165, 1.54) is 4.90 Å². The van der Waals surface area contributed by atoms with Crippen molar-refractivity contribution in [2.75, 3.05) is 26.4 Å². The highest BCUT2D eigenvalue weighted by atomic mass is 16.6. The fourth-order valence-corrected chi connectivity index (χ4v) is 4.61. The summed E-state index contributed by atoms with van der Waals surface area (Å²) < 4.78 is 16.8. The third-order valence-electron chi connectivity index (χ3n) is 6.35. The summed E-state index contributed by atoms with van der Waals surface area (Å²) in [7, 11) is 0. The van der Waals surface area contributed by atoms with Crippen molar-refractivity contribution in [3.8, 4) is 17.2 Å². The van der Waals surface area contributed by atoms with Crippen LogP contribution in [0.5, 0.6) is 17.2 Å². The number of ketones is 1. The highest BCUT2D eigenvalue weighted by molar-refractivity contribution is 6.46. The van der Waals surface area contributed by atoms with Gasteiger partial charge in [0.05, 0.1) is 18.2 Å². The van der Waals surface area contributed by atoms with Crippen LogP contribution >= 0.6 is 0 Å². The van der Waals surface area contributed by atoms with Crippen LogP contribution in [0.15, 0.2) is 78.4 Å². The second kappa shape index (κ2) is 10.2. The number of carbonyl (C=O) groups excluding carboxylic acids is 2. The third kappa shape index (κ3) is 4.52. The Morgan fingerprint density at radius 3 is 2.42 bits per heavy atom. The van der Waals surface area contributed by atoms with Gasteiger partial charge in [-0.3, -0.25) is 9.59 Å². The minimum atomic E-state index is -0.738. The number of nitrogens with zero attached hydrogens (tertiary/aromatic N) is 1. The van der Waals surface area contributed by atoms with Gasteiger partial charge in [0.25, 0.3) is 11.7 Å². The van der Waals surface area contributed by atoms with Gasteiger partial charge in [-0.2, -0.15) is 0 Å². The number of ether oxygens (including phenoxy) is 3. The van der Waals surface area contributed by atoms with Crippen LogP contribution in [-0.2, 0) is 16.0 Å². The Morgan fingerprint density at radius 2 is 1.69 bits per heavy atom. The topological polar surface area (TPSA) is 85.3 Å². The van der Waals surface area contributed by atoms with Gasteiger partial charge in [-0.05, 0) is 54.8 Å². The predicted octanol–water partition coefficient (Wildman–Crippen LogP) is 4.52. The van der Waals surface area contributed by atoms with Crippen LogP contribution in [-0.4, -0.2) is 48.1 Å². The van der Waals surface area contributed by atoms with Crippen molar-refractivity contribution >= 4 is 17.4 Å². The second-order valence-electron chi connectivity index (χ2n) is 8.59. The maximum atomic E-state index is 13.3. The van der Waals surface area contributed by atoms with E-state index in [9.17, 15) is 14.7 Å². The average Bonchev–Trinajstić information content (AvgIpc) is 3.17. The lowest BCUT2D eigenvalue weighted by Gasteiger charge is -2.26. The number of rotatable bonds is 7. The van der Waals surface area contributed by atoms with E-state index >= 15 is 0 Å². The lowest BCUT2D eigenvalue weighted by Crippen LogP contribution is -2.31. The number of benzene rings is 3. The van der Waals surface area contributed by atoms with Crippen molar-refractivity contribution < 1.29 is 28.9 Å². The van der Waals surface area contributed by atoms with Gasteiger partial charge in [-0.15, -0.1) is 0 Å². The van der Waals surface area contributed by atoms with E-state index < -0.39 is 17.7 Å². The Kier molecular flexibility index (Phi) is 6.62. The fraction of sp³-hybridized carbons (Fsp3) is 0.241. The van der Waals surface area contributed by atoms with Gasteiger partial charge < -0.3 is 24.2 Å². The molecule has 0 radical (unpaired) electrons. The monoisotopic (exact) mass is 485 g/mol. The van der Waals surface area contributed by atoms with E-state index in [0.29, 0.717) is 61.2 Å². The lowest BCUT2D eigenvalue weighted by molar-refractivity contribution is -0.139. The van der Waals surface area contributed by atoms with Gasteiger partial charge in [0, 0.05) is 12.1 Å². The van der Waals surface area contributed by atoms with Crippen molar-refractivity contribution in [1.82, 2.24) is 4.90 Å². The zero-order chi connectivity index (χ0) is 25.1. The van der Waals surface area contributed by atoms with E-state index in [1.807, 2.05) is 49.4 Å². The molecule has 1 saturated heterocycles. The molecule has 3 aromatic carbocycles. The molecular weight excluding hydrogens is 458 g/mol. The van der Waals surface area contributed by atoms with Crippen LogP contribution in [0.3, 0.4) is 0 Å². The number of aliphatic hydroxyl groups is 1. The van der Waals surface area contributed by atoms with Crippen LogP contribution < -0.4 is 14.2 Å². The molecule has 1 N–H and O–H groups in total. The molecule has 0 saturated carbocycles. The average molecular weight is 486 g/mol. The molecule has 184 valence electrons. The number of Topliss-reactive ketones (excluding diaryl/α,β-unsaturated/α-hetero) is 1. The molecule has 0 spiro atoms. The first-order chi connectivity index (χ1) is 17.6. The summed E-state index contributed by atoms with van der Waals surface area (Å²) >= 11 is 0. The quantitative estimate of drug-likeness (QED) is 0.301. The minimum Gasteiger partial charge on any atom is -0.507 e. The summed E-state index contributed by atoms with van der Waals surface area (Å²) in [5, 5.41) is 11.3. The zero-order valence-corrected chi connectivity index (χ0v) is 20.0. The number of amides is 1. The van der Waals surface area contributed by atoms with Gasteiger partial charge in [0.2, 0.25) is 0 Å². The highest BCUT2D eigenvalue weighted by Gasteiger charge is 2.46. The zero-order valence-electron chi connectivity index (χ0n) is 20.0. The van der Waals surface area contributed by atoms with Crippen molar-refractivity contribution in [3.63, 3.8) is 0 Å². The maximum Gasteiger partial charge on any atom is 0.295 e. The van der Waals surface area contributed by atoms with Crippen LogP contribution in [0.1, 0.15) is 29.7 Å². The lowest BCUT2D eigenvalue weighted by atomic mass is 9.95. The first-order valence-corrected chi connectivity index (χ1v) is 12.0. The summed E-state index contributed by atoms with van der Waals surface area (Å²) in [5.74, 6) is 0.157. The SMILES string of the molecule is CCOc1ccc(C2C(=C(O)c3ccc4c(c3)OCCO4)C(=O)C(=O)N2CCc2ccccc2)cc1. The summed E-state index contributed by atoms with van der Waals surface area (Å²) in [5.41, 5.74) is 2.20. The molecule has 2 aliphatic heterocycles. The Labute approximate surface area is 209 Å². The molecule has 1 atom stereocenters. The second-order valence-corrected chi connectivity index (χ2v) is 8.59. The van der Waals surface area contributed by atoms with Crippen molar-refractivity contribution in [3.05, 3.63) is 95.1 Å². The standard InChI is InChI=1S/C29H27NO6/c1-2-34-22-11-8-20(9-12-22)26-25(27(31)21-10-13-23-24(18-21)36-17-16-35-23)28(32)29(33)30(26)15-14-19-6-4-3-5-7-19/h3-13,18,26,31H,2,14-17H2,1H3. The summed E-state index contributed by atoms with van der Waals surface area (Å²) in [4.78, 5) is 28.1. The van der Waals surface area contributed by atoms with Gasteiger partial charge in [0.1, 0.15) is 24.7 Å². The van der Waals surface area contributed by atoms with Gasteiger partial charge in [0.15, 0.2) is 11.5 Å². The van der Waals surface area contributed by atoms with Gasteiger partial charge in [-0.25, -0.2) is 0 Å². The largest absolute Gasteiger partial charge is 0.507 e. The molecule has 7 nitrogen and oxygen atoms in total. The molecule has 0 aliphatic carbocycles. The molecule has 1 fully saturated rings. The summed E-state index contributed by atoms with van der Waals surface area (Å²) in [6.45, 7) is 3.60. The molecule has 2 aliphatic rings. The van der Waals surface area contributed by atoms with Crippen molar-refractivity contribution in [1.29, 1.82) is 0 Å². The maximum absolute atomic E-state index is 13.3. The number of hydrogen-bond donors (Lipinski definition) is 1. The third-order valence-corrected chi connectivity index (χ3v) is 6.35. The molecule has 1 unspecified atom stereocenters. The van der Waals surface area contributed by atoms with Gasteiger partial charge in [-0.1, -0.05) is 42.5 Å². The molecule has 3 aromatic rings. The van der Waals surface area contributed by atoms with E-state index in [0.717, 1.165) is 5.56 Å². The Bertz CT molecular complexity index is 1300. The first-order valence-electron chi connectivity index (χ1n) is 12.0. The van der Waals surface area contributed by atoms with Crippen LogP contribution in [0.25, 0.3) is 5.76 Å². The van der Waals surface area contributed by atoms with Crippen LogP contribution in [0, 0.1) is 0 Å². The van der Waals surface area contributed by atoms with E-state index in [-0.39, 0.29) is 11.3 Å². The fourth-order valence-electron chi connectivity index (χ4n) is 4.61. The van der Waals surface area contributed by atoms with Crippen molar-refractivity contribution in [2.24, 2.45) is 0 Å². The normalized spacial score (nSPS) is 18.4. The summed E-state index contributed by atoms with van der Waals surface area (Å²) in [6, 6.07) is 21.3. The molecule has 5 rings (SSSR count). The van der Waals surface area contributed by atoms with E-state index in [4.69, 9.17) is 14.2 Å². The van der Waals surface area contributed by atoms with Crippen LogP contribution in [0.4, 0.5) is 0 Å². The smallest absolute Gasteiger partial charge is 0.295 e. The Morgan fingerprint density at radius 1 is 0.972 bits per heavy atom.